The molecule has 2 heterocycles. The molecule has 0 fully saturated rings. The number of rotatable bonds is 4. The van der Waals surface area contributed by atoms with Crippen molar-refractivity contribution in [2.45, 2.75) is 20.3 Å². The molecule has 0 radical (unpaired) electrons. The predicted octanol–water partition coefficient (Wildman–Crippen LogP) is 4.44. The van der Waals surface area contributed by atoms with E-state index in [1.807, 2.05) is 6.92 Å². The Balaban J connectivity index is 2.58. The molecular formula is C13H13Cl2IN4. The van der Waals surface area contributed by atoms with Crippen molar-refractivity contribution in [3.05, 3.63) is 31.6 Å². The zero-order valence-corrected chi connectivity index (χ0v) is 14.7. The van der Waals surface area contributed by atoms with Gasteiger partial charge < -0.3 is 5.32 Å². The third-order valence-corrected chi connectivity index (χ3v) is 4.25. The van der Waals surface area contributed by atoms with Crippen molar-refractivity contribution >= 4 is 51.6 Å². The number of hydrogen-bond acceptors (Lipinski definition) is 4. The summed E-state index contributed by atoms with van der Waals surface area (Å²) in [6.07, 6.45) is 2.36. The summed E-state index contributed by atoms with van der Waals surface area (Å²) >= 11 is 14.3. The second-order valence-electron chi connectivity index (χ2n) is 4.02. The highest BCUT2D eigenvalue weighted by Crippen LogP contribution is 2.28. The zero-order chi connectivity index (χ0) is 14.7. The molecule has 7 heteroatoms. The molecule has 0 atom stereocenters. The smallest absolute Gasteiger partial charge is 0.182 e. The van der Waals surface area contributed by atoms with Gasteiger partial charge in [0.05, 0.1) is 19.3 Å². The van der Waals surface area contributed by atoms with E-state index in [2.05, 4.69) is 49.8 Å². The highest BCUT2D eigenvalue weighted by atomic mass is 127. The van der Waals surface area contributed by atoms with Crippen LogP contribution in [0.4, 0.5) is 5.82 Å². The Labute approximate surface area is 141 Å². The van der Waals surface area contributed by atoms with Gasteiger partial charge in [-0.3, -0.25) is 0 Å². The molecule has 2 aromatic rings. The Morgan fingerprint density at radius 2 is 2.00 bits per heavy atom. The van der Waals surface area contributed by atoms with E-state index in [4.69, 9.17) is 23.2 Å². The van der Waals surface area contributed by atoms with Crippen molar-refractivity contribution in [1.29, 1.82) is 0 Å². The third kappa shape index (κ3) is 3.32. The van der Waals surface area contributed by atoms with Crippen LogP contribution in [-0.4, -0.2) is 21.5 Å². The van der Waals surface area contributed by atoms with Crippen LogP contribution in [0.3, 0.4) is 0 Å². The summed E-state index contributed by atoms with van der Waals surface area (Å²) in [5, 5.41) is 4.18. The fourth-order valence-electron chi connectivity index (χ4n) is 1.70. The Morgan fingerprint density at radius 1 is 1.25 bits per heavy atom. The topological polar surface area (TPSA) is 50.7 Å². The molecule has 106 valence electrons. The van der Waals surface area contributed by atoms with Crippen molar-refractivity contribution in [3.63, 3.8) is 0 Å². The van der Waals surface area contributed by atoms with Crippen LogP contribution in [0.25, 0.3) is 11.5 Å². The number of aromatic nitrogens is 3. The van der Waals surface area contributed by atoms with Gasteiger partial charge in [-0.05, 0) is 42.0 Å². The third-order valence-electron chi connectivity index (χ3n) is 2.62. The van der Waals surface area contributed by atoms with Crippen LogP contribution in [0.2, 0.25) is 10.0 Å². The first-order chi connectivity index (χ1) is 9.56. The molecule has 0 unspecified atom stereocenters. The molecule has 2 aromatic heterocycles. The molecule has 1 N–H and O–H groups in total. The summed E-state index contributed by atoms with van der Waals surface area (Å²) in [7, 11) is 0. The minimum Gasteiger partial charge on any atom is -0.369 e. The summed E-state index contributed by atoms with van der Waals surface area (Å²) in [4.78, 5) is 13.3. The van der Waals surface area contributed by atoms with Gasteiger partial charge >= 0.3 is 0 Å². The molecule has 4 nitrogen and oxygen atoms in total. The number of nitrogens with one attached hydrogen (secondary N) is 1. The average Bonchev–Trinajstić information content (AvgIpc) is 2.41. The molecule has 0 aliphatic rings. The minimum absolute atomic E-state index is 0.447. The van der Waals surface area contributed by atoms with Crippen LogP contribution in [-0.2, 0) is 6.42 Å². The van der Waals surface area contributed by atoms with Gasteiger partial charge in [0.2, 0.25) is 0 Å². The Hall–Kier alpha value is -0.660. The molecule has 0 saturated carbocycles. The predicted molar refractivity (Wildman–Crippen MR) is 91.5 cm³/mol. The van der Waals surface area contributed by atoms with Gasteiger partial charge in [-0.25, -0.2) is 15.0 Å². The van der Waals surface area contributed by atoms with Gasteiger partial charge in [-0.2, -0.15) is 0 Å². The normalized spacial score (nSPS) is 10.7. The second-order valence-corrected chi connectivity index (χ2v) is 5.95. The van der Waals surface area contributed by atoms with E-state index in [0.29, 0.717) is 21.6 Å². The summed E-state index contributed by atoms with van der Waals surface area (Å²) in [6, 6.07) is 1.64. The lowest BCUT2D eigenvalue weighted by molar-refractivity contribution is 0.976. The van der Waals surface area contributed by atoms with Crippen LogP contribution in [0.1, 0.15) is 19.5 Å². The van der Waals surface area contributed by atoms with Crippen molar-refractivity contribution in [3.8, 4) is 11.5 Å². The van der Waals surface area contributed by atoms with Crippen molar-refractivity contribution < 1.29 is 0 Å². The van der Waals surface area contributed by atoms with E-state index in [9.17, 15) is 0 Å². The van der Waals surface area contributed by atoms with E-state index in [0.717, 1.165) is 28.0 Å². The molecule has 0 bridgehead atoms. The van der Waals surface area contributed by atoms with E-state index in [-0.39, 0.29) is 0 Å². The number of hydrogen-bond donors (Lipinski definition) is 1. The highest BCUT2D eigenvalue weighted by molar-refractivity contribution is 14.1. The number of anilines is 1. The van der Waals surface area contributed by atoms with Crippen LogP contribution in [0, 0.1) is 3.57 Å². The van der Waals surface area contributed by atoms with Gasteiger partial charge in [0, 0.05) is 12.7 Å². The molecule has 2 rings (SSSR count). The molecular weight excluding hydrogens is 410 g/mol. The number of aryl methyl sites for hydroxylation is 1. The Bertz CT molecular complexity index is 634. The summed E-state index contributed by atoms with van der Waals surface area (Å²) in [5.41, 5.74) is 1.51. The molecule has 0 aliphatic heterocycles. The van der Waals surface area contributed by atoms with E-state index in [1.165, 1.54) is 0 Å². The van der Waals surface area contributed by atoms with Crippen molar-refractivity contribution in [2.24, 2.45) is 0 Å². The average molecular weight is 423 g/mol. The fourth-order valence-corrected chi connectivity index (χ4v) is 2.98. The first kappa shape index (κ1) is 15.7. The number of pyridine rings is 1. The lowest BCUT2D eigenvalue weighted by atomic mass is 10.2. The standard InChI is InChI=1S/C13H13Cl2IN4/c1-3-9-10(16)12(17-4-2)20-13(19-9)11-8(15)5-7(14)6-18-11/h5-6H,3-4H2,1-2H3,(H,17,19,20). The molecule has 0 aromatic carbocycles. The lowest BCUT2D eigenvalue weighted by Gasteiger charge is -2.11. The monoisotopic (exact) mass is 422 g/mol. The molecule has 0 saturated heterocycles. The largest absolute Gasteiger partial charge is 0.369 e. The molecule has 0 aliphatic carbocycles. The van der Waals surface area contributed by atoms with E-state index >= 15 is 0 Å². The van der Waals surface area contributed by atoms with Crippen LogP contribution in [0.15, 0.2) is 12.3 Å². The quantitative estimate of drug-likeness (QED) is 0.739. The number of nitrogens with zero attached hydrogens (tertiary/aromatic N) is 3. The van der Waals surface area contributed by atoms with Crippen LogP contribution in [0.5, 0.6) is 0 Å². The lowest BCUT2D eigenvalue weighted by Crippen LogP contribution is -2.08. The van der Waals surface area contributed by atoms with Crippen molar-refractivity contribution in [1.82, 2.24) is 15.0 Å². The van der Waals surface area contributed by atoms with Gasteiger partial charge in [0.15, 0.2) is 5.82 Å². The van der Waals surface area contributed by atoms with E-state index in [1.54, 1.807) is 12.3 Å². The van der Waals surface area contributed by atoms with Crippen LogP contribution >= 0.6 is 45.8 Å². The van der Waals surface area contributed by atoms with Crippen molar-refractivity contribution in [2.75, 3.05) is 11.9 Å². The second kappa shape index (κ2) is 6.87. The molecule has 0 spiro atoms. The Morgan fingerprint density at radius 3 is 2.60 bits per heavy atom. The van der Waals surface area contributed by atoms with Gasteiger partial charge in [0.25, 0.3) is 0 Å². The maximum atomic E-state index is 6.18. The first-order valence-electron chi connectivity index (χ1n) is 6.18. The van der Waals surface area contributed by atoms with Gasteiger partial charge in [-0.15, -0.1) is 0 Å². The maximum absolute atomic E-state index is 6.18. The Kier molecular flexibility index (Phi) is 5.40. The summed E-state index contributed by atoms with van der Waals surface area (Å²) in [5.74, 6) is 1.32. The number of halogens is 3. The summed E-state index contributed by atoms with van der Waals surface area (Å²) < 4.78 is 1.03. The zero-order valence-electron chi connectivity index (χ0n) is 11.0. The first-order valence-corrected chi connectivity index (χ1v) is 8.02. The fraction of sp³-hybridized carbons (Fsp3) is 0.308. The van der Waals surface area contributed by atoms with E-state index < -0.39 is 0 Å². The van der Waals surface area contributed by atoms with Gasteiger partial charge in [-0.1, -0.05) is 30.1 Å². The SMILES string of the molecule is CCNc1nc(-c2ncc(Cl)cc2Cl)nc(CC)c1I. The van der Waals surface area contributed by atoms with Gasteiger partial charge in [0.1, 0.15) is 11.5 Å². The maximum Gasteiger partial charge on any atom is 0.182 e. The summed E-state index contributed by atoms with van der Waals surface area (Å²) in [6.45, 7) is 4.87. The molecule has 0 amide bonds. The highest BCUT2D eigenvalue weighted by Gasteiger charge is 2.15. The van der Waals surface area contributed by atoms with Crippen LogP contribution < -0.4 is 5.32 Å². The molecule has 20 heavy (non-hydrogen) atoms. The minimum atomic E-state index is 0.447.